The van der Waals surface area contributed by atoms with E-state index in [0.717, 1.165) is 17.7 Å². The van der Waals surface area contributed by atoms with Crippen molar-refractivity contribution in [2.75, 3.05) is 11.9 Å². The number of anilines is 1. The number of amides is 1. The second kappa shape index (κ2) is 8.82. The highest BCUT2D eigenvalue weighted by atomic mass is 16.5. The van der Waals surface area contributed by atoms with E-state index in [2.05, 4.69) is 22.8 Å². The molecule has 152 valence electrons. The minimum absolute atomic E-state index is 0.00443. The molecule has 1 aliphatic carbocycles. The van der Waals surface area contributed by atoms with Crippen LogP contribution in [0.25, 0.3) is 0 Å². The van der Waals surface area contributed by atoms with Crippen LogP contribution in [-0.4, -0.2) is 24.5 Å². The molecular weight excluding hydrogens is 376 g/mol. The number of rotatable bonds is 6. The molecule has 0 aromatic heterocycles. The van der Waals surface area contributed by atoms with E-state index in [0.29, 0.717) is 17.7 Å². The van der Waals surface area contributed by atoms with E-state index in [1.165, 1.54) is 5.56 Å². The van der Waals surface area contributed by atoms with Crippen molar-refractivity contribution in [2.45, 2.75) is 25.4 Å². The fourth-order valence-electron chi connectivity index (χ4n) is 3.89. The van der Waals surface area contributed by atoms with Crippen molar-refractivity contribution in [3.8, 4) is 0 Å². The summed E-state index contributed by atoms with van der Waals surface area (Å²) >= 11 is 0. The van der Waals surface area contributed by atoms with Crippen LogP contribution in [-0.2, 0) is 11.2 Å². The maximum atomic E-state index is 12.6. The van der Waals surface area contributed by atoms with Crippen molar-refractivity contribution in [3.05, 3.63) is 101 Å². The minimum Gasteiger partial charge on any atom is -0.450 e. The highest BCUT2D eigenvalue weighted by Crippen LogP contribution is 2.34. The molecular formula is C25H24N2O3. The van der Waals surface area contributed by atoms with Crippen molar-refractivity contribution in [3.63, 3.8) is 0 Å². The summed E-state index contributed by atoms with van der Waals surface area (Å²) in [6.45, 7) is 2.12. The number of ether oxygens (including phenoxy) is 1. The van der Waals surface area contributed by atoms with Crippen molar-refractivity contribution >= 4 is 17.6 Å². The fraction of sp³-hybridized carbons (Fsp3) is 0.200. The number of ketones is 1. The molecule has 3 aromatic rings. The third kappa shape index (κ3) is 4.20. The van der Waals surface area contributed by atoms with E-state index in [9.17, 15) is 9.59 Å². The summed E-state index contributed by atoms with van der Waals surface area (Å²) in [6, 6.07) is 24.7. The van der Waals surface area contributed by atoms with Crippen molar-refractivity contribution in [2.24, 2.45) is 0 Å². The zero-order valence-corrected chi connectivity index (χ0v) is 16.8. The Bertz CT molecular complexity index is 1030. The lowest BCUT2D eigenvalue weighted by Crippen LogP contribution is -2.40. The van der Waals surface area contributed by atoms with Gasteiger partial charge < -0.3 is 15.4 Å². The molecule has 1 amide bonds. The van der Waals surface area contributed by atoms with Gasteiger partial charge in [0.15, 0.2) is 5.78 Å². The number of hydrogen-bond acceptors (Lipinski definition) is 4. The van der Waals surface area contributed by atoms with E-state index in [-0.39, 0.29) is 17.9 Å². The van der Waals surface area contributed by atoms with Gasteiger partial charge in [0.1, 0.15) is 0 Å². The molecule has 0 radical (unpaired) electrons. The zero-order valence-electron chi connectivity index (χ0n) is 16.8. The van der Waals surface area contributed by atoms with Crippen LogP contribution in [0.5, 0.6) is 0 Å². The quantitative estimate of drug-likeness (QED) is 0.587. The van der Waals surface area contributed by atoms with Crippen LogP contribution in [0.2, 0.25) is 0 Å². The molecule has 0 fully saturated rings. The van der Waals surface area contributed by atoms with Crippen molar-refractivity contribution < 1.29 is 14.3 Å². The number of nitrogens with one attached hydrogen (secondary N) is 2. The highest BCUT2D eigenvalue weighted by Gasteiger charge is 2.33. The molecule has 30 heavy (non-hydrogen) atoms. The van der Waals surface area contributed by atoms with Gasteiger partial charge in [0, 0.05) is 16.8 Å². The first-order valence-corrected chi connectivity index (χ1v) is 10.1. The van der Waals surface area contributed by atoms with E-state index in [4.69, 9.17) is 4.74 Å². The summed E-state index contributed by atoms with van der Waals surface area (Å²) in [5.41, 5.74) is 4.55. The van der Waals surface area contributed by atoms with Gasteiger partial charge >= 0.3 is 6.09 Å². The molecule has 0 spiro atoms. The van der Waals surface area contributed by atoms with Crippen LogP contribution in [0, 0.1) is 0 Å². The van der Waals surface area contributed by atoms with E-state index in [1.54, 1.807) is 6.92 Å². The molecule has 2 N–H and O–H groups in total. The Kier molecular flexibility index (Phi) is 5.80. The molecule has 0 bridgehead atoms. The lowest BCUT2D eigenvalue weighted by Gasteiger charge is -2.24. The van der Waals surface area contributed by atoms with Crippen molar-refractivity contribution in [1.82, 2.24) is 5.32 Å². The molecule has 2 atom stereocenters. The lowest BCUT2D eigenvalue weighted by atomic mass is 10.0. The maximum absolute atomic E-state index is 12.6. The minimum atomic E-state index is -0.411. The molecule has 3 aromatic carbocycles. The number of hydrogen-bond donors (Lipinski definition) is 2. The monoisotopic (exact) mass is 400 g/mol. The van der Waals surface area contributed by atoms with Crippen LogP contribution < -0.4 is 10.6 Å². The molecule has 4 rings (SSSR count). The van der Waals surface area contributed by atoms with Crippen LogP contribution in [0.1, 0.15) is 40.0 Å². The van der Waals surface area contributed by atoms with Crippen LogP contribution in [0.4, 0.5) is 10.5 Å². The van der Waals surface area contributed by atoms with E-state index < -0.39 is 6.09 Å². The Balaban J connectivity index is 1.52. The predicted octanol–water partition coefficient (Wildman–Crippen LogP) is 4.74. The number of carbonyl (C=O) groups is 2. The molecule has 0 saturated heterocycles. The highest BCUT2D eigenvalue weighted by molar-refractivity contribution is 6.09. The third-order valence-electron chi connectivity index (χ3n) is 5.32. The van der Waals surface area contributed by atoms with Gasteiger partial charge in [0.05, 0.1) is 18.7 Å². The van der Waals surface area contributed by atoms with Crippen LogP contribution in [0.15, 0.2) is 78.9 Å². The van der Waals surface area contributed by atoms with Gasteiger partial charge in [-0.3, -0.25) is 4.79 Å². The number of carbonyl (C=O) groups excluding carboxylic acids is 2. The average molecular weight is 400 g/mol. The smallest absolute Gasteiger partial charge is 0.407 e. The molecule has 0 unspecified atom stereocenters. The fourth-order valence-corrected chi connectivity index (χ4v) is 3.89. The first kappa shape index (κ1) is 19.7. The Labute approximate surface area is 176 Å². The molecule has 0 saturated carbocycles. The summed E-state index contributed by atoms with van der Waals surface area (Å²) in [6.07, 6.45) is 0.322. The van der Waals surface area contributed by atoms with E-state index >= 15 is 0 Å². The molecule has 5 nitrogen and oxygen atoms in total. The molecule has 5 heteroatoms. The zero-order chi connectivity index (χ0) is 20.9. The van der Waals surface area contributed by atoms with E-state index in [1.807, 2.05) is 66.7 Å². The van der Waals surface area contributed by atoms with Crippen molar-refractivity contribution in [1.29, 1.82) is 0 Å². The predicted molar refractivity (Wildman–Crippen MR) is 117 cm³/mol. The van der Waals surface area contributed by atoms with Gasteiger partial charge in [0.25, 0.3) is 0 Å². The number of fused-ring (bicyclic) bond motifs is 1. The molecule has 0 heterocycles. The normalized spacial score (nSPS) is 17.1. The van der Waals surface area contributed by atoms with Crippen LogP contribution >= 0.6 is 0 Å². The molecule has 0 aliphatic heterocycles. The van der Waals surface area contributed by atoms with Gasteiger partial charge in [-0.15, -0.1) is 0 Å². The van der Waals surface area contributed by atoms with Gasteiger partial charge in [0.2, 0.25) is 0 Å². The topological polar surface area (TPSA) is 67.4 Å². The van der Waals surface area contributed by atoms with Gasteiger partial charge in [-0.05, 0) is 48.7 Å². The number of alkyl carbamates (subject to hydrolysis) is 1. The Morgan fingerprint density at radius 3 is 2.30 bits per heavy atom. The van der Waals surface area contributed by atoms with Gasteiger partial charge in [-0.1, -0.05) is 54.6 Å². The second-order valence-electron chi connectivity index (χ2n) is 7.27. The second-order valence-corrected chi connectivity index (χ2v) is 7.27. The molecule has 1 aliphatic rings. The number of benzene rings is 3. The first-order valence-electron chi connectivity index (χ1n) is 10.1. The summed E-state index contributed by atoms with van der Waals surface area (Å²) in [5.74, 6) is -0.00443. The largest absolute Gasteiger partial charge is 0.450 e. The van der Waals surface area contributed by atoms with Crippen LogP contribution in [0.3, 0.4) is 0 Å². The van der Waals surface area contributed by atoms with Gasteiger partial charge in [-0.25, -0.2) is 4.79 Å². The summed E-state index contributed by atoms with van der Waals surface area (Å²) in [5, 5.41) is 6.49. The Morgan fingerprint density at radius 1 is 0.900 bits per heavy atom. The standard InChI is InChI=1S/C25H24N2O3/c1-2-30-25(29)27-22-16-19-10-6-7-11-21(19)23(22)26-20-14-12-18(13-15-20)24(28)17-8-4-3-5-9-17/h3-15,22-23,26H,2,16H2,1H3,(H,27,29)/t22-,23-/m1/s1. The van der Waals surface area contributed by atoms with Gasteiger partial charge in [-0.2, -0.15) is 0 Å². The Morgan fingerprint density at radius 2 is 1.57 bits per heavy atom. The average Bonchev–Trinajstić information content (AvgIpc) is 3.11. The maximum Gasteiger partial charge on any atom is 0.407 e. The SMILES string of the molecule is CCOC(=O)N[C@@H]1Cc2ccccc2[C@H]1Nc1ccc(C(=O)c2ccccc2)cc1. The summed E-state index contributed by atoms with van der Waals surface area (Å²) in [4.78, 5) is 24.6. The third-order valence-corrected chi connectivity index (χ3v) is 5.32. The lowest BCUT2D eigenvalue weighted by molar-refractivity contribution is 0.103. The summed E-state index contributed by atoms with van der Waals surface area (Å²) < 4.78 is 5.07. The Hall–Kier alpha value is -3.60. The summed E-state index contributed by atoms with van der Waals surface area (Å²) in [7, 11) is 0. The first-order chi connectivity index (χ1) is 14.7.